The van der Waals surface area contributed by atoms with Crippen LogP contribution >= 0.6 is 0 Å². The molecule has 6 nitrogen and oxygen atoms in total. The molecule has 1 aliphatic heterocycles. The number of nitrogens with zero attached hydrogens (tertiary/aromatic N) is 1. The molecule has 1 heterocycles. The van der Waals surface area contributed by atoms with Crippen LogP contribution in [0.2, 0.25) is 0 Å². The summed E-state index contributed by atoms with van der Waals surface area (Å²) in [7, 11) is 1.56. The molecule has 0 spiro atoms. The van der Waals surface area contributed by atoms with E-state index in [1.54, 1.807) is 43.5 Å². The van der Waals surface area contributed by atoms with Crippen molar-refractivity contribution < 1.29 is 24.2 Å². The number of hydrogen-bond acceptors (Lipinski definition) is 5. The maximum atomic E-state index is 13.3. The highest BCUT2D eigenvalue weighted by Gasteiger charge is 2.47. The number of carbonyl (C=O) groups is 2. The smallest absolute Gasteiger partial charge is 0.300 e. The van der Waals surface area contributed by atoms with Gasteiger partial charge >= 0.3 is 0 Å². The SMILES string of the molecule is CCOc1ccc(C2/C(=C(/O)c3ccc(OC)cc3C)C(=O)C(=O)N2c2ccccc2C)cc1. The fourth-order valence-electron chi connectivity index (χ4n) is 4.32. The fourth-order valence-corrected chi connectivity index (χ4v) is 4.32. The van der Waals surface area contributed by atoms with Gasteiger partial charge in [0.2, 0.25) is 0 Å². The minimum Gasteiger partial charge on any atom is -0.507 e. The van der Waals surface area contributed by atoms with E-state index in [2.05, 4.69) is 0 Å². The Bertz CT molecular complexity index is 1280. The van der Waals surface area contributed by atoms with E-state index in [1.165, 1.54) is 4.90 Å². The summed E-state index contributed by atoms with van der Waals surface area (Å²) in [5.74, 6) is -0.299. The number of aliphatic hydroxyl groups excluding tert-OH is 1. The summed E-state index contributed by atoms with van der Waals surface area (Å²) >= 11 is 0. The lowest BCUT2D eigenvalue weighted by molar-refractivity contribution is -0.132. The summed E-state index contributed by atoms with van der Waals surface area (Å²) < 4.78 is 10.8. The van der Waals surface area contributed by atoms with Crippen molar-refractivity contribution in [2.75, 3.05) is 18.6 Å². The highest BCUT2D eigenvalue weighted by Crippen LogP contribution is 2.43. The molecule has 0 aromatic heterocycles. The van der Waals surface area contributed by atoms with Gasteiger partial charge in [-0.05, 0) is 73.9 Å². The molecule has 4 rings (SSSR count). The third-order valence-electron chi connectivity index (χ3n) is 6.01. The van der Waals surface area contributed by atoms with E-state index in [0.717, 1.165) is 11.1 Å². The molecule has 0 radical (unpaired) electrons. The molecule has 1 unspecified atom stereocenters. The molecule has 1 N–H and O–H groups in total. The van der Waals surface area contributed by atoms with Crippen LogP contribution in [0.5, 0.6) is 11.5 Å². The number of ketones is 1. The average Bonchev–Trinajstić information content (AvgIpc) is 3.10. The van der Waals surface area contributed by atoms with E-state index in [-0.39, 0.29) is 11.3 Å². The molecule has 1 fully saturated rings. The number of para-hydroxylation sites is 1. The fraction of sp³-hybridized carbons (Fsp3) is 0.214. The van der Waals surface area contributed by atoms with Crippen LogP contribution < -0.4 is 14.4 Å². The topological polar surface area (TPSA) is 76.1 Å². The summed E-state index contributed by atoms with van der Waals surface area (Å²) in [6.45, 7) is 6.13. The number of carbonyl (C=O) groups excluding carboxylic acids is 2. The Morgan fingerprint density at radius 3 is 2.24 bits per heavy atom. The maximum absolute atomic E-state index is 13.3. The molecular weight excluding hydrogens is 430 g/mol. The summed E-state index contributed by atoms with van der Waals surface area (Å²) in [4.78, 5) is 28.1. The van der Waals surface area contributed by atoms with Crippen molar-refractivity contribution in [2.24, 2.45) is 0 Å². The summed E-state index contributed by atoms with van der Waals surface area (Å²) in [6.07, 6.45) is 0. The lowest BCUT2D eigenvalue weighted by atomic mass is 9.93. The number of aliphatic hydroxyl groups is 1. The van der Waals surface area contributed by atoms with E-state index < -0.39 is 17.7 Å². The molecular formula is C28H27NO5. The molecule has 6 heteroatoms. The molecule has 3 aromatic rings. The minimum atomic E-state index is -0.793. The zero-order valence-corrected chi connectivity index (χ0v) is 19.7. The second kappa shape index (κ2) is 9.43. The first-order valence-electron chi connectivity index (χ1n) is 11.1. The van der Waals surface area contributed by atoms with Crippen LogP contribution in [-0.4, -0.2) is 30.5 Å². The van der Waals surface area contributed by atoms with Gasteiger partial charge in [-0.3, -0.25) is 14.5 Å². The highest BCUT2D eigenvalue weighted by molar-refractivity contribution is 6.51. The average molecular weight is 458 g/mol. The predicted molar refractivity (Wildman–Crippen MR) is 131 cm³/mol. The summed E-state index contributed by atoms with van der Waals surface area (Å²) in [5.41, 5.74) is 3.41. The third kappa shape index (κ3) is 4.03. The number of Topliss-reactive ketones (excluding diaryl/α,β-unsaturated/α-hetero) is 1. The first-order chi connectivity index (χ1) is 16.4. The van der Waals surface area contributed by atoms with Crippen molar-refractivity contribution in [3.05, 3.63) is 94.6 Å². The molecule has 1 saturated heterocycles. The van der Waals surface area contributed by atoms with Crippen LogP contribution in [0.15, 0.2) is 72.3 Å². The van der Waals surface area contributed by atoms with Crippen molar-refractivity contribution >= 4 is 23.1 Å². The van der Waals surface area contributed by atoms with E-state index in [4.69, 9.17) is 9.47 Å². The Morgan fingerprint density at radius 1 is 0.941 bits per heavy atom. The molecule has 0 aliphatic carbocycles. The Kier molecular flexibility index (Phi) is 6.41. The molecule has 34 heavy (non-hydrogen) atoms. The summed E-state index contributed by atoms with van der Waals surface area (Å²) in [6, 6.07) is 19.0. The second-order valence-corrected chi connectivity index (χ2v) is 8.14. The lowest BCUT2D eigenvalue weighted by Gasteiger charge is -2.27. The van der Waals surface area contributed by atoms with Crippen molar-refractivity contribution in [3.8, 4) is 11.5 Å². The predicted octanol–water partition coefficient (Wildman–Crippen LogP) is 5.34. The highest BCUT2D eigenvalue weighted by atomic mass is 16.5. The van der Waals surface area contributed by atoms with E-state index in [1.807, 2.05) is 51.1 Å². The van der Waals surface area contributed by atoms with Gasteiger partial charge in [0.25, 0.3) is 11.7 Å². The van der Waals surface area contributed by atoms with Gasteiger partial charge in [-0.1, -0.05) is 30.3 Å². The van der Waals surface area contributed by atoms with Crippen LogP contribution in [0.1, 0.15) is 35.2 Å². The molecule has 1 amide bonds. The van der Waals surface area contributed by atoms with Crippen LogP contribution in [0.4, 0.5) is 5.69 Å². The number of ether oxygens (including phenoxy) is 2. The van der Waals surface area contributed by atoms with Crippen LogP contribution in [0.3, 0.4) is 0 Å². The monoisotopic (exact) mass is 457 g/mol. The Labute approximate surface area is 199 Å². The number of rotatable bonds is 6. The third-order valence-corrected chi connectivity index (χ3v) is 6.01. The first-order valence-corrected chi connectivity index (χ1v) is 11.1. The number of methoxy groups -OCH3 is 1. The molecule has 174 valence electrons. The maximum Gasteiger partial charge on any atom is 0.300 e. The minimum absolute atomic E-state index is 0.0469. The Hall–Kier alpha value is -4.06. The molecule has 1 aliphatic rings. The standard InChI is InChI=1S/C28H27NO5/c1-5-34-20-12-10-19(11-13-20)25-24(26(30)22-15-14-21(33-4)16-18(22)3)27(31)28(32)29(25)23-9-7-6-8-17(23)2/h6-16,25,30H,5H2,1-4H3/b26-24-. The van der Waals surface area contributed by atoms with Crippen LogP contribution in [0, 0.1) is 13.8 Å². The zero-order chi connectivity index (χ0) is 24.4. The van der Waals surface area contributed by atoms with E-state index >= 15 is 0 Å². The molecule has 3 aromatic carbocycles. The Balaban J connectivity index is 1.93. The van der Waals surface area contributed by atoms with Gasteiger partial charge in [0.05, 0.1) is 25.3 Å². The van der Waals surface area contributed by atoms with Crippen molar-refractivity contribution in [3.63, 3.8) is 0 Å². The summed E-state index contributed by atoms with van der Waals surface area (Å²) in [5, 5.41) is 11.4. The van der Waals surface area contributed by atoms with Gasteiger partial charge in [-0.15, -0.1) is 0 Å². The van der Waals surface area contributed by atoms with Gasteiger partial charge in [-0.25, -0.2) is 0 Å². The zero-order valence-electron chi connectivity index (χ0n) is 19.7. The molecule has 0 saturated carbocycles. The number of amides is 1. The van der Waals surface area contributed by atoms with Gasteiger partial charge in [0.1, 0.15) is 17.3 Å². The number of anilines is 1. The Morgan fingerprint density at radius 2 is 1.62 bits per heavy atom. The van der Waals surface area contributed by atoms with Crippen LogP contribution in [-0.2, 0) is 9.59 Å². The van der Waals surface area contributed by atoms with Crippen molar-refractivity contribution in [2.45, 2.75) is 26.8 Å². The van der Waals surface area contributed by atoms with Crippen LogP contribution in [0.25, 0.3) is 5.76 Å². The van der Waals surface area contributed by atoms with Crippen molar-refractivity contribution in [1.82, 2.24) is 0 Å². The molecule has 1 atom stereocenters. The van der Waals surface area contributed by atoms with Gasteiger partial charge in [0.15, 0.2) is 0 Å². The van der Waals surface area contributed by atoms with Gasteiger partial charge < -0.3 is 14.6 Å². The first kappa shape index (κ1) is 23.1. The number of hydrogen-bond donors (Lipinski definition) is 1. The number of aryl methyl sites for hydroxylation is 2. The normalized spacial score (nSPS) is 17.2. The van der Waals surface area contributed by atoms with E-state index in [0.29, 0.717) is 34.9 Å². The largest absolute Gasteiger partial charge is 0.507 e. The van der Waals surface area contributed by atoms with E-state index in [9.17, 15) is 14.7 Å². The van der Waals surface area contributed by atoms with Gasteiger partial charge in [-0.2, -0.15) is 0 Å². The number of benzene rings is 3. The lowest BCUT2D eigenvalue weighted by Crippen LogP contribution is -2.30. The van der Waals surface area contributed by atoms with Crippen molar-refractivity contribution in [1.29, 1.82) is 0 Å². The molecule has 0 bridgehead atoms. The second-order valence-electron chi connectivity index (χ2n) is 8.14. The quantitative estimate of drug-likeness (QED) is 0.307. The van der Waals surface area contributed by atoms with Gasteiger partial charge in [0, 0.05) is 11.3 Å².